The van der Waals surface area contributed by atoms with Gasteiger partial charge in [-0.1, -0.05) is 22.0 Å². The first-order valence-electron chi connectivity index (χ1n) is 6.41. The molecule has 9 heteroatoms. The molecule has 0 radical (unpaired) electrons. The summed E-state index contributed by atoms with van der Waals surface area (Å²) in [4.78, 5) is 0. The van der Waals surface area contributed by atoms with Crippen LogP contribution in [0, 0.1) is 0 Å². The van der Waals surface area contributed by atoms with Gasteiger partial charge < -0.3 is 5.32 Å². The molecule has 0 aliphatic carbocycles. The summed E-state index contributed by atoms with van der Waals surface area (Å²) < 4.78 is 39.2. The SMILES string of the molecule is FC(F)(F)c1cccc(Nc2ccc(Br)cc2-c2nn[nH]n2)c1. The van der Waals surface area contributed by atoms with E-state index in [1.165, 1.54) is 6.07 Å². The third-order valence-corrected chi connectivity index (χ3v) is 3.53. The molecule has 118 valence electrons. The fraction of sp³-hybridized carbons (Fsp3) is 0.0714. The molecule has 1 aromatic heterocycles. The number of aromatic nitrogens is 4. The predicted molar refractivity (Wildman–Crippen MR) is 82.0 cm³/mol. The van der Waals surface area contributed by atoms with Gasteiger partial charge in [0, 0.05) is 21.4 Å². The molecule has 5 nitrogen and oxygen atoms in total. The second-order valence-electron chi connectivity index (χ2n) is 4.63. The molecule has 1 heterocycles. The van der Waals surface area contributed by atoms with Gasteiger partial charge in [0.15, 0.2) is 0 Å². The minimum absolute atomic E-state index is 0.312. The quantitative estimate of drug-likeness (QED) is 0.703. The minimum atomic E-state index is -4.39. The van der Waals surface area contributed by atoms with E-state index in [-0.39, 0.29) is 0 Å². The zero-order chi connectivity index (χ0) is 16.4. The second kappa shape index (κ2) is 5.99. The zero-order valence-corrected chi connectivity index (χ0v) is 13.0. The number of nitrogens with zero attached hydrogens (tertiary/aromatic N) is 3. The highest BCUT2D eigenvalue weighted by molar-refractivity contribution is 9.10. The summed E-state index contributed by atoms with van der Waals surface area (Å²) in [5.41, 5.74) is 0.757. The maximum Gasteiger partial charge on any atom is 0.416 e. The van der Waals surface area contributed by atoms with Crippen molar-refractivity contribution in [1.29, 1.82) is 0 Å². The van der Waals surface area contributed by atoms with Crippen LogP contribution in [0.2, 0.25) is 0 Å². The summed E-state index contributed by atoms with van der Waals surface area (Å²) in [6.07, 6.45) is -4.39. The Balaban J connectivity index is 1.98. The normalized spacial score (nSPS) is 11.5. The first kappa shape index (κ1) is 15.5. The molecule has 0 bridgehead atoms. The van der Waals surface area contributed by atoms with Crippen LogP contribution in [0.1, 0.15) is 5.56 Å². The molecule has 2 aromatic carbocycles. The van der Waals surface area contributed by atoms with Gasteiger partial charge in [-0.05, 0) is 41.6 Å². The second-order valence-corrected chi connectivity index (χ2v) is 5.54. The Morgan fingerprint density at radius 3 is 2.61 bits per heavy atom. The summed E-state index contributed by atoms with van der Waals surface area (Å²) >= 11 is 3.34. The van der Waals surface area contributed by atoms with Gasteiger partial charge in [0.1, 0.15) is 0 Å². The lowest BCUT2D eigenvalue weighted by atomic mass is 10.1. The highest BCUT2D eigenvalue weighted by Crippen LogP contribution is 2.34. The van der Waals surface area contributed by atoms with E-state index in [0.29, 0.717) is 22.8 Å². The van der Waals surface area contributed by atoms with Crippen molar-refractivity contribution < 1.29 is 13.2 Å². The zero-order valence-electron chi connectivity index (χ0n) is 11.4. The number of anilines is 2. The van der Waals surface area contributed by atoms with Crippen molar-refractivity contribution in [3.8, 4) is 11.4 Å². The molecule has 0 amide bonds. The van der Waals surface area contributed by atoms with Gasteiger partial charge in [0.25, 0.3) is 0 Å². The fourth-order valence-electron chi connectivity index (χ4n) is 2.02. The van der Waals surface area contributed by atoms with Crippen molar-refractivity contribution in [2.75, 3.05) is 5.32 Å². The van der Waals surface area contributed by atoms with Crippen LogP contribution in [0.3, 0.4) is 0 Å². The molecule has 0 atom stereocenters. The molecular formula is C14H9BrF3N5. The number of tetrazole rings is 1. The van der Waals surface area contributed by atoms with E-state index in [1.807, 2.05) is 0 Å². The number of alkyl halides is 3. The number of rotatable bonds is 3. The molecule has 0 saturated heterocycles. The van der Waals surface area contributed by atoms with Crippen LogP contribution in [0.15, 0.2) is 46.9 Å². The summed E-state index contributed by atoms with van der Waals surface area (Å²) in [5.74, 6) is 0.334. The summed E-state index contributed by atoms with van der Waals surface area (Å²) in [6, 6.07) is 10.2. The Kier molecular flexibility index (Phi) is 4.03. The van der Waals surface area contributed by atoms with E-state index in [9.17, 15) is 13.2 Å². The molecule has 0 aliphatic heterocycles. The number of hydrogen-bond acceptors (Lipinski definition) is 4. The molecule has 0 aliphatic rings. The number of H-pyrrole nitrogens is 1. The van der Waals surface area contributed by atoms with E-state index < -0.39 is 11.7 Å². The van der Waals surface area contributed by atoms with Crippen LogP contribution in [0.4, 0.5) is 24.5 Å². The molecular weight excluding hydrogens is 375 g/mol. The smallest absolute Gasteiger partial charge is 0.355 e. The molecule has 3 aromatic rings. The Morgan fingerprint density at radius 1 is 1.09 bits per heavy atom. The van der Waals surface area contributed by atoms with Crippen LogP contribution in [0.5, 0.6) is 0 Å². The van der Waals surface area contributed by atoms with Gasteiger partial charge >= 0.3 is 6.18 Å². The molecule has 0 saturated carbocycles. The van der Waals surface area contributed by atoms with Crippen molar-refractivity contribution in [1.82, 2.24) is 20.6 Å². The Labute approximate surface area is 137 Å². The van der Waals surface area contributed by atoms with E-state index in [0.717, 1.165) is 16.6 Å². The van der Waals surface area contributed by atoms with Crippen LogP contribution >= 0.6 is 15.9 Å². The Morgan fingerprint density at radius 2 is 1.91 bits per heavy atom. The van der Waals surface area contributed by atoms with Crippen molar-refractivity contribution in [2.24, 2.45) is 0 Å². The summed E-state index contributed by atoms with van der Waals surface area (Å²) in [7, 11) is 0. The first-order valence-corrected chi connectivity index (χ1v) is 7.20. The number of halogens is 4. The van der Waals surface area contributed by atoms with Gasteiger partial charge in [-0.25, -0.2) is 0 Å². The van der Waals surface area contributed by atoms with Gasteiger partial charge in [-0.3, -0.25) is 0 Å². The van der Waals surface area contributed by atoms with Crippen LogP contribution < -0.4 is 5.32 Å². The topological polar surface area (TPSA) is 66.5 Å². The summed E-state index contributed by atoms with van der Waals surface area (Å²) in [6.45, 7) is 0. The molecule has 0 spiro atoms. The summed E-state index contributed by atoms with van der Waals surface area (Å²) in [5, 5.41) is 16.6. The fourth-order valence-corrected chi connectivity index (χ4v) is 2.38. The van der Waals surface area contributed by atoms with E-state index in [4.69, 9.17) is 0 Å². The van der Waals surface area contributed by atoms with Gasteiger partial charge in [0.05, 0.1) is 5.56 Å². The lowest BCUT2D eigenvalue weighted by Crippen LogP contribution is -2.05. The predicted octanol–water partition coefficient (Wildman–Crippen LogP) is 4.39. The van der Waals surface area contributed by atoms with Gasteiger partial charge in [-0.2, -0.15) is 18.4 Å². The molecule has 2 N–H and O–H groups in total. The highest BCUT2D eigenvalue weighted by atomic mass is 79.9. The lowest BCUT2D eigenvalue weighted by Gasteiger charge is -2.13. The van der Waals surface area contributed by atoms with Gasteiger partial charge in [-0.15, -0.1) is 10.2 Å². The maximum absolute atomic E-state index is 12.8. The van der Waals surface area contributed by atoms with Crippen LogP contribution in [0.25, 0.3) is 11.4 Å². The Bertz CT molecular complexity index is 818. The monoisotopic (exact) mass is 383 g/mol. The molecule has 0 unspecified atom stereocenters. The standard InChI is InChI=1S/C14H9BrF3N5/c15-9-4-5-12(11(7-9)13-20-22-23-21-13)19-10-3-1-2-8(6-10)14(16,17)18/h1-7,19H,(H,20,21,22,23). The minimum Gasteiger partial charge on any atom is -0.355 e. The lowest BCUT2D eigenvalue weighted by molar-refractivity contribution is -0.137. The van der Waals surface area contributed by atoms with Crippen LogP contribution in [-0.2, 0) is 6.18 Å². The highest BCUT2D eigenvalue weighted by Gasteiger charge is 2.30. The van der Waals surface area contributed by atoms with E-state index in [2.05, 4.69) is 41.9 Å². The maximum atomic E-state index is 12.8. The number of benzene rings is 2. The number of aromatic amines is 1. The van der Waals surface area contributed by atoms with Crippen LogP contribution in [-0.4, -0.2) is 20.6 Å². The first-order chi connectivity index (χ1) is 10.9. The van der Waals surface area contributed by atoms with E-state index >= 15 is 0 Å². The van der Waals surface area contributed by atoms with Crippen molar-refractivity contribution in [3.63, 3.8) is 0 Å². The largest absolute Gasteiger partial charge is 0.416 e. The third-order valence-electron chi connectivity index (χ3n) is 3.04. The molecule has 23 heavy (non-hydrogen) atoms. The number of nitrogens with one attached hydrogen (secondary N) is 2. The average Bonchev–Trinajstić information content (AvgIpc) is 3.03. The van der Waals surface area contributed by atoms with Crippen molar-refractivity contribution in [3.05, 3.63) is 52.5 Å². The van der Waals surface area contributed by atoms with Crippen molar-refractivity contribution >= 4 is 27.3 Å². The van der Waals surface area contributed by atoms with Crippen molar-refractivity contribution in [2.45, 2.75) is 6.18 Å². The number of hydrogen-bond donors (Lipinski definition) is 2. The Hall–Kier alpha value is -2.42. The van der Waals surface area contributed by atoms with E-state index in [1.54, 1.807) is 24.3 Å². The third kappa shape index (κ3) is 3.50. The molecule has 3 rings (SSSR count). The molecule has 0 fully saturated rings. The van der Waals surface area contributed by atoms with Gasteiger partial charge in [0.2, 0.25) is 5.82 Å². The average molecular weight is 384 g/mol.